The molecule has 6 rings (SSSR count). The Hall–Kier alpha value is -3.99. The van der Waals surface area contributed by atoms with Crippen LogP contribution in [0.5, 0.6) is 5.75 Å². The number of fused-ring (bicyclic) bond motifs is 2. The largest absolute Gasteiger partial charge is 0.486 e. The van der Waals surface area contributed by atoms with Crippen molar-refractivity contribution in [1.82, 2.24) is 24.8 Å². The van der Waals surface area contributed by atoms with Gasteiger partial charge in [0.05, 0.1) is 29.5 Å². The summed E-state index contributed by atoms with van der Waals surface area (Å²) < 4.78 is 35.4. The van der Waals surface area contributed by atoms with E-state index in [0.717, 1.165) is 49.4 Å². The van der Waals surface area contributed by atoms with Crippen molar-refractivity contribution in [2.24, 2.45) is 0 Å². The molecule has 0 radical (unpaired) electrons. The van der Waals surface area contributed by atoms with Crippen molar-refractivity contribution in [1.29, 1.82) is 0 Å². The maximum Gasteiger partial charge on any atom is 0.227 e. The third kappa shape index (κ3) is 4.58. The minimum Gasteiger partial charge on any atom is -0.486 e. The van der Waals surface area contributed by atoms with Crippen molar-refractivity contribution < 1.29 is 13.5 Å². The minimum atomic E-state index is -0.637. The monoisotopic (exact) mass is 520 g/mol. The van der Waals surface area contributed by atoms with Crippen LogP contribution < -0.4 is 19.9 Å². The molecule has 2 aliphatic heterocycles. The summed E-state index contributed by atoms with van der Waals surface area (Å²) in [5.74, 6) is 0.0488. The summed E-state index contributed by atoms with van der Waals surface area (Å²) in [5, 5.41) is 3.14. The van der Waals surface area contributed by atoms with Crippen LogP contribution in [0.15, 0.2) is 36.5 Å². The van der Waals surface area contributed by atoms with E-state index in [1.54, 1.807) is 6.07 Å². The van der Waals surface area contributed by atoms with Crippen LogP contribution in [0.1, 0.15) is 13.8 Å². The average molecular weight is 521 g/mol. The van der Waals surface area contributed by atoms with Gasteiger partial charge in [-0.15, -0.1) is 0 Å². The second-order valence-electron chi connectivity index (χ2n) is 10.0. The molecule has 2 N–H and O–H groups in total. The number of likely N-dealkylation sites (N-methyl/N-ethyl adjacent to an activating group) is 1. The lowest BCUT2D eigenvalue weighted by Crippen LogP contribution is -2.44. The maximum absolute atomic E-state index is 15.0. The second kappa shape index (κ2) is 9.71. The van der Waals surface area contributed by atoms with Gasteiger partial charge in [-0.1, -0.05) is 0 Å². The van der Waals surface area contributed by atoms with E-state index in [-0.39, 0.29) is 23.4 Å². The second-order valence-corrected chi connectivity index (χ2v) is 10.0. The Morgan fingerprint density at radius 2 is 1.82 bits per heavy atom. The Morgan fingerprint density at radius 1 is 1.00 bits per heavy atom. The highest BCUT2D eigenvalue weighted by Gasteiger charge is 2.26. The number of piperazine rings is 1. The van der Waals surface area contributed by atoms with Gasteiger partial charge < -0.3 is 29.7 Å². The average Bonchev–Trinajstić information content (AvgIpc) is 3.33. The van der Waals surface area contributed by atoms with Crippen LogP contribution in [-0.2, 0) is 0 Å². The van der Waals surface area contributed by atoms with Gasteiger partial charge in [0.2, 0.25) is 11.9 Å². The van der Waals surface area contributed by atoms with Crippen molar-refractivity contribution in [2.45, 2.75) is 19.9 Å². The number of anilines is 4. The Labute approximate surface area is 219 Å². The highest BCUT2D eigenvalue weighted by atomic mass is 19.1. The molecule has 0 saturated carbocycles. The molecule has 0 bridgehead atoms. The number of nitrogens with one attached hydrogen (secondary N) is 2. The number of ether oxygens (including phenoxy) is 1. The molecule has 4 heterocycles. The third-order valence-electron chi connectivity index (χ3n) is 7.08. The number of nitrogens with zero attached hydrogens (tertiary/aromatic N) is 6. The molecule has 0 atom stereocenters. The summed E-state index contributed by atoms with van der Waals surface area (Å²) in [7, 11) is 2.12. The van der Waals surface area contributed by atoms with Crippen LogP contribution in [0.25, 0.3) is 22.3 Å². The fourth-order valence-electron chi connectivity index (χ4n) is 4.97. The Balaban J connectivity index is 1.28. The van der Waals surface area contributed by atoms with E-state index in [1.807, 2.05) is 36.9 Å². The number of H-pyrrole nitrogens is 1. The Bertz CT molecular complexity index is 1480. The number of aromatic amines is 1. The highest BCUT2D eigenvalue weighted by molar-refractivity contribution is 5.82. The first-order valence-electron chi connectivity index (χ1n) is 12.8. The van der Waals surface area contributed by atoms with Crippen LogP contribution in [0.3, 0.4) is 0 Å². The number of imidazole rings is 1. The quantitative estimate of drug-likeness (QED) is 0.401. The fraction of sp³-hybridized carbons (Fsp3) is 0.370. The molecule has 0 unspecified atom stereocenters. The van der Waals surface area contributed by atoms with Crippen molar-refractivity contribution in [3.63, 3.8) is 0 Å². The van der Waals surface area contributed by atoms with Gasteiger partial charge >= 0.3 is 0 Å². The van der Waals surface area contributed by atoms with Gasteiger partial charge in [0, 0.05) is 43.5 Å². The lowest BCUT2D eigenvalue weighted by Gasteiger charge is -2.34. The van der Waals surface area contributed by atoms with Crippen molar-refractivity contribution in [3.8, 4) is 17.0 Å². The number of aromatic nitrogens is 4. The third-order valence-corrected chi connectivity index (χ3v) is 7.08. The standard InChI is InChI=1S/C27H30F2N8O/c1-16(2)37-10-11-38-25-19(28)12-17(13-23(25)37)24-20(29)15-30-26(34-24)31-18-4-5-21-22(14-18)33-27(32-21)36-8-6-35(3)7-9-36/h4-5,12-16H,6-11H2,1-3H3,(H,32,33)(H,30,31,34). The zero-order chi connectivity index (χ0) is 26.4. The smallest absolute Gasteiger partial charge is 0.227 e. The van der Waals surface area contributed by atoms with E-state index in [9.17, 15) is 8.78 Å². The molecular weight excluding hydrogens is 490 g/mol. The zero-order valence-electron chi connectivity index (χ0n) is 21.6. The van der Waals surface area contributed by atoms with Gasteiger partial charge in [-0.05, 0) is 51.2 Å². The van der Waals surface area contributed by atoms with E-state index in [4.69, 9.17) is 9.72 Å². The highest BCUT2D eigenvalue weighted by Crippen LogP contribution is 2.39. The van der Waals surface area contributed by atoms with E-state index in [0.29, 0.717) is 30.1 Å². The van der Waals surface area contributed by atoms with Crippen LogP contribution in [-0.4, -0.2) is 77.3 Å². The van der Waals surface area contributed by atoms with Gasteiger partial charge in [0.15, 0.2) is 17.4 Å². The zero-order valence-corrected chi connectivity index (χ0v) is 21.6. The first kappa shape index (κ1) is 24.4. The predicted molar refractivity (Wildman–Crippen MR) is 144 cm³/mol. The molecule has 2 aromatic carbocycles. The maximum atomic E-state index is 15.0. The topological polar surface area (TPSA) is 85.4 Å². The number of halogens is 2. The Morgan fingerprint density at radius 3 is 2.61 bits per heavy atom. The van der Waals surface area contributed by atoms with Crippen molar-refractivity contribution >= 4 is 34.3 Å². The summed E-state index contributed by atoms with van der Waals surface area (Å²) in [6.45, 7) is 8.88. The van der Waals surface area contributed by atoms with E-state index in [2.05, 4.69) is 37.1 Å². The molecule has 0 amide bonds. The number of rotatable bonds is 5. The van der Waals surface area contributed by atoms with Gasteiger partial charge in [0.1, 0.15) is 12.3 Å². The summed E-state index contributed by atoms with van der Waals surface area (Å²) in [6, 6.07) is 8.84. The van der Waals surface area contributed by atoms with Gasteiger partial charge in [0.25, 0.3) is 0 Å². The first-order chi connectivity index (χ1) is 18.4. The molecule has 0 aliphatic carbocycles. The molecule has 1 fully saturated rings. The minimum absolute atomic E-state index is 0.0108. The molecule has 1 saturated heterocycles. The molecule has 198 valence electrons. The predicted octanol–water partition coefficient (Wildman–Crippen LogP) is 4.40. The molecule has 2 aromatic heterocycles. The molecule has 4 aromatic rings. The van der Waals surface area contributed by atoms with Crippen molar-refractivity contribution in [3.05, 3.63) is 48.2 Å². The van der Waals surface area contributed by atoms with Crippen LogP contribution >= 0.6 is 0 Å². The molecule has 2 aliphatic rings. The number of hydrogen-bond donors (Lipinski definition) is 2. The lowest BCUT2D eigenvalue weighted by atomic mass is 10.1. The summed E-state index contributed by atoms with van der Waals surface area (Å²) in [5.41, 5.74) is 3.36. The lowest BCUT2D eigenvalue weighted by molar-refractivity contribution is 0.287. The molecule has 0 spiro atoms. The molecular formula is C27H30F2N8O. The summed E-state index contributed by atoms with van der Waals surface area (Å²) in [6.07, 6.45) is 1.09. The SMILES string of the molecule is CC(C)N1CCOc2c(F)cc(-c3nc(Nc4ccc5[nH]c(N6CCN(C)CC6)nc5c4)ncc3F)cc21. The van der Waals surface area contributed by atoms with E-state index >= 15 is 0 Å². The Kier molecular flexibility index (Phi) is 6.22. The number of hydrogen-bond acceptors (Lipinski definition) is 8. The van der Waals surface area contributed by atoms with Crippen LogP contribution in [0.2, 0.25) is 0 Å². The summed E-state index contributed by atoms with van der Waals surface area (Å²) >= 11 is 0. The molecule has 11 heteroatoms. The fourth-order valence-corrected chi connectivity index (χ4v) is 4.97. The van der Waals surface area contributed by atoms with Crippen LogP contribution in [0.4, 0.5) is 32.1 Å². The number of benzene rings is 2. The molecule has 9 nitrogen and oxygen atoms in total. The van der Waals surface area contributed by atoms with Crippen LogP contribution in [0, 0.1) is 11.6 Å². The first-order valence-corrected chi connectivity index (χ1v) is 12.8. The van der Waals surface area contributed by atoms with Gasteiger partial charge in [-0.2, -0.15) is 0 Å². The van der Waals surface area contributed by atoms with E-state index < -0.39 is 11.6 Å². The van der Waals surface area contributed by atoms with E-state index in [1.165, 1.54) is 6.07 Å². The summed E-state index contributed by atoms with van der Waals surface area (Å²) in [4.78, 5) is 23.2. The van der Waals surface area contributed by atoms with Gasteiger partial charge in [-0.25, -0.2) is 23.7 Å². The normalized spacial score (nSPS) is 16.2. The van der Waals surface area contributed by atoms with Gasteiger partial charge in [-0.3, -0.25) is 0 Å². The molecule has 38 heavy (non-hydrogen) atoms. The van der Waals surface area contributed by atoms with Crippen molar-refractivity contribution in [2.75, 3.05) is 61.5 Å².